The van der Waals surface area contributed by atoms with Gasteiger partial charge in [-0.1, -0.05) is 0 Å². The summed E-state index contributed by atoms with van der Waals surface area (Å²) >= 11 is 1.86. The van der Waals surface area contributed by atoms with Crippen LogP contribution in [0.4, 0.5) is 0 Å². The van der Waals surface area contributed by atoms with Crippen molar-refractivity contribution in [3.63, 3.8) is 0 Å². The molecule has 0 bridgehead atoms. The Kier molecular flexibility index (Phi) is 4.94. The molecule has 1 aliphatic rings. The van der Waals surface area contributed by atoms with Gasteiger partial charge in [0.1, 0.15) is 0 Å². The highest BCUT2D eigenvalue weighted by atomic mass is 32.2. The van der Waals surface area contributed by atoms with Crippen LogP contribution in [-0.2, 0) is 16.6 Å². The van der Waals surface area contributed by atoms with Gasteiger partial charge in [-0.2, -0.15) is 11.8 Å². The van der Waals surface area contributed by atoms with E-state index in [0.717, 1.165) is 25.7 Å². The molecule has 0 aliphatic heterocycles. The van der Waals surface area contributed by atoms with Crippen LogP contribution in [0.25, 0.3) is 0 Å². The first-order chi connectivity index (χ1) is 9.05. The monoisotopic (exact) mass is 304 g/mol. The molecule has 0 spiro atoms. The fourth-order valence-electron chi connectivity index (χ4n) is 2.37. The number of rotatable bonds is 5. The summed E-state index contributed by atoms with van der Waals surface area (Å²) in [5.41, 5.74) is 0.506. The van der Waals surface area contributed by atoms with E-state index >= 15 is 0 Å². The van der Waals surface area contributed by atoms with Crippen LogP contribution in [0.15, 0.2) is 17.2 Å². The summed E-state index contributed by atoms with van der Waals surface area (Å²) in [6.45, 7) is -0.186. The molecule has 1 heterocycles. The van der Waals surface area contributed by atoms with Crippen molar-refractivity contribution in [3.05, 3.63) is 18.0 Å². The lowest BCUT2D eigenvalue weighted by Gasteiger charge is -2.27. The average Bonchev–Trinajstić information content (AvgIpc) is 2.89. The molecule has 19 heavy (non-hydrogen) atoms. The van der Waals surface area contributed by atoms with E-state index in [1.54, 1.807) is 0 Å². The number of sulfonamides is 1. The molecule has 1 saturated carbocycles. The Bertz CT molecular complexity index is 505. The molecule has 3 N–H and O–H groups in total. The Morgan fingerprint density at radius 1 is 1.42 bits per heavy atom. The van der Waals surface area contributed by atoms with E-state index in [1.165, 1.54) is 12.3 Å². The summed E-state index contributed by atoms with van der Waals surface area (Å²) in [6.07, 6.45) is 7.42. The van der Waals surface area contributed by atoms with E-state index < -0.39 is 10.0 Å². The minimum atomic E-state index is -3.47. The topological polar surface area (TPSA) is 82.2 Å². The number of aliphatic hydroxyl groups is 1. The van der Waals surface area contributed by atoms with Crippen molar-refractivity contribution >= 4 is 21.8 Å². The van der Waals surface area contributed by atoms with Gasteiger partial charge in [-0.3, -0.25) is 0 Å². The van der Waals surface area contributed by atoms with Crippen molar-refractivity contribution in [2.24, 2.45) is 0 Å². The molecule has 0 amide bonds. The maximum absolute atomic E-state index is 12.2. The van der Waals surface area contributed by atoms with E-state index in [4.69, 9.17) is 5.11 Å². The first-order valence-electron chi connectivity index (χ1n) is 6.38. The maximum atomic E-state index is 12.2. The standard InChI is InChI=1S/C12H20N2O3S2/c1-18-11-4-2-9(3-5-11)14-19(16,17)12-6-10(8-15)13-7-12/h6-7,9,11,13-15H,2-5,8H2,1H3. The molecule has 5 nitrogen and oxygen atoms in total. The van der Waals surface area contributed by atoms with Gasteiger partial charge in [0, 0.05) is 23.2 Å². The second kappa shape index (κ2) is 6.30. The predicted molar refractivity (Wildman–Crippen MR) is 76.6 cm³/mol. The van der Waals surface area contributed by atoms with Gasteiger partial charge in [-0.25, -0.2) is 13.1 Å². The first-order valence-corrected chi connectivity index (χ1v) is 9.15. The average molecular weight is 304 g/mol. The summed E-state index contributed by atoms with van der Waals surface area (Å²) in [7, 11) is -3.47. The third-order valence-corrected chi connectivity index (χ3v) is 6.16. The number of hydrogen-bond donors (Lipinski definition) is 3. The minimum absolute atomic E-state index is 0.0286. The highest BCUT2D eigenvalue weighted by molar-refractivity contribution is 7.99. The highest BCUT2D eigenvalue weighted by Gasteiger charge is 2.25. The molecule has 1 fully saturated rings. The number of thioether (sulfide) groups is 1. The molecule has 2 rings (SSSR count). The lowest BCUT2D eigenvalue weighted by Crippen LogP contribution is -2.37. The summed E-state index contributed by atoms with van der Waals surface area (Å²) in [5.74, 6) is 0. The number of hydrogen-bond acceptors (Lipinski definition) is 4. The van der Waals surface area contributed by atoms with Crippen LogP contribution >= 0.6 is 11.8 Å². The summed E-state index contributed by atoms with van der Waals surface area (Å²) < 4.78 is 27.1. The van der Waals surface area contributed by atoms with Gasteiger partial charge in [-0.15, -0.1) is 0 Å². The Hall–Kier alpha value is -0.500. The third kappa shape index (κ3) is 3.75. The van der Waals surface area contributed by atoms with Crippen molar-refractivity contribution in [1.82, 2.24) is 9.71 Å². The molecule has 0 unspecified atom stereocenters. The van der Waals surface area contributed by atoms with Crippen molar-refractivity contribution in [1.29, 1.82) is 0 Å². The highest BCUT2D eigenvalue weighted by Crippen LogP contribution is 2.27. The molecule has 1 aliphatic carbocycles. The van der Waals surface area contributed by atoms with Gasteiger partial charge in [-0.05, 0) is 38.0 Å². The second-order valence-electron chi connectivity index (χ2n) is 4.85. The molecule has 7 heteroatoms. The first kappa shape index (κ1) is 14.9. The van der Waals surface area contributed by atoms with Gasteiger partial charge < -0.3 is 10.1 Å². The third-order valence-electron chi connectivity index (χ3n) is 3.53. The molecule has 0 saturated heterocycles. The normalized spacial score (nSPS) is 24.5. The molecule has 0 aromatic carbocycles. The molecule has 108 valence electrons. The lowest BCUT2D eigenvalue weighted by atomic mass is 9.96. The van der Waals surface area contributed by atoms with Crippen LogP contribution < -0.4 is 4.72 Å². The van der Waals surface area contributed by atoms with Gasteiger partial charge in [0.05, 0.1) is 11.5 Å². The Morgan fingerprint density at radius 2 is 2.11 bits per heavy atom. The lowest BCUT2D eigenvalue weighted by molar-refractivity contribution is 0.277. The summed E-state index contributed by atoms with van der Waals surface area (Å²) in [4.78, 5) is 2.94. The van der Waals surface area contributed by atoms with Crippen LogP contribution in [0.3, 0.4) is 0 Å². The number of H-pyrrole nitrogens is 1. The SMILES string of the molecule is CSC1CCC(NS(=O)(=O)c2c[nH]c(CO)c2)CC1. The van der Waals surface area contributed by atoms with E-state index in [2.05, 4.69) is 16.0 Å². The van der Waals surface area contributed by atoms with Gasteiger partial charge in [0.15, 0.2) is 0 Å². The number of aromatic nitrogens is 1. The fraction of sp³-hybridized carbons (Fsp3) is 0.667. The molecular formula is C12H20N2O3S2. The predicted octanol–water partition coefficient (Wildman–Crippen LogP) is 1.46. The molecule has 1 aromatic heterocycles. The zero-order valence-corrected chi connectivity index (χ0v) is 12.6. The maximum Gasteiger partial charge on any atom is 0.242 e. The van der Waals surface area contributed by atoms with Crippen LogP contribution in [0, 0.1) is 0 Å². The van der Waals surface area contributed by atoms with Crippen LogP contribution in [0.2, 0.25) is 0 Å². The van der Waals surface area contributed by atoms with E-state index in [1.807, 2.05) is 11.8 Å². The summed E-state index contributed by atoms with van der Waals surface area (Å²) in [6, 6.07) is 1.50. The van der Waals surface area contributed by atoms with Crippen LogP contribution in [-0.4, -0.2) is 36.1 Å². The molecule has 0 radical (unpaired) electrons. The van der Waals surface area contributed by atoms with Gasteiger partial charge >= 0.3 is 0 Å². The van der Waals surface area contributed by atoms with Crippen molar-refractivity contribution < 1.29 is 13.5 Å². The smallest absolute Gasteiger partial charge is 0.242 e. The fourth-order valence-corrected chi connectivity index (χ4v) is 4.43. The number of aliphatic hydroxyl groups excluding tert-OH is 1. The zero-order chi connectivity index (χ0) is 13.9. The Labute approximate surface area is 118 Å². The molecule has 0 atom stereocenters. The van der Waals surface area contributed by atoms with Crippen molar-refractivity contribution in [2.45, 2.75) is 48.5 Å². The Morgan fingerprint density at radius 3 is 2.63 bits per heavy atom. The van der Waals surface area contributed by atoms with Crippen molar-refractivity contribution in [3.8, 4) is 0 Å². The Balaban J connectivity index is 1.98. The van der Waals surface area contributed by atoms with E-state index in [9.17, 15) is 8.42 Å². The van der Waals surface area contributed by atoms with Gasteiger partial charge in [0.2, 0.25) is 10.0 Å². The molecular weight excluding hydrogens is 284 g/mol. The largest absolute Gasteiger partial charge is 0.390 e. The molecule has 1 aromatic rings. The van der Waals surface area contributed by atoms with E-state index in [0.29, 0.717) is 10.9 Å². The van der Waals surface area contributed by atoms with Crippen LogP contribution in [0.1, 0.15) is 31.4 Å². The van der Waals surface area contributed by atoms with Crippen molar-refractivity contribution in [2.75, 3.05) is 6.26 Å². The minimum Gasteiger partial charge on any atom is -0.390 e. The zero-order valence-electron chi connectivity index (χ0n) is 10.9. The number of nitrogens with one attached hydrogen (secondary N) is 2. The van der Waals surface area contributed by atoms with Gasteiger partial charge in [0.25, 0.3) is 0 Å². The quantitative estimate of drug-likeness (QED) is 0.769. The van der Waals surface area contributed by atoms with Crippen LogP contribution in [0.5, 0.6) is 0 Å². The summed E-state index contributed by atoms with van der Waals surface area (Å²) in [5, 5.41) is 9.61. The van der Waals surface area contributed by atoms with E-state index in [-0.39, 0.29) is 17.5 Å². The second-order valence-corrected chi connectivity index (χ2v) is 7.70. The number of aromatic amines is 1.